The third-order valence-electron chi connectivity index (χ3n) is 5.54. The van der Waals surface area contributed by atoms with E-state index in [0.717, 1.165) is 50.0 Å². The fourth-order valence-corrected chi connectivity index (χ4v) is 4.32. The molecule has 2 aromatic rings. The maximum absolute atomic E-state index is 12.2. The molecule has 1 N–H and O–H groups in total. The number of ether oxygens (including phenoxy) is 2. The number of piperazine rings is 1. The van der Waals surface area contributed by atoms with Gasteiger partial charge in [-0.25, -0.2) is 13.2 Å². The Balaban J connectivity index is 0.00000408. The Labute approximate surface area is 205 Å². The number of sulfonamides is 1. The van der Waals surface area contributed by atoms with E-state index >= 15 is 0 Å². The van der Waals surface area contributed by atoms with Gasteiger partial charge in [-0.05, 0) is 18.6 Å². The van der Waals surface area contributed by atoms with Gasteiger partial charge in [-0.15, -0.1) is 12.4 Å². The first kappa shape index (κ1) is 27.5. The molecule has 0 spiro atoms. The minimum Gasteiger partial charge on any atom is -0.493 e. The van der Waals surface area contributed by atoms with E-state index in [2.05, 4.69) is 14.5 Å². The first-order chi connectivity index (χ1) is 15.6. The van der Waals surface area contributed by atoms with E-state index < -0.39 is 10.0 Å². The average Bonchev–Trinajstić information content (AvgIpc) is 2.77. The van der Waals surface area contributed by atoms with E-state index in [1.165, 1.54) is 24.8 Å². The minimum absolute atomic E-state index is 0. The van der Waals surface area contributed by atoms with Gasteiger partial charge in [-0.1, -0.05) is 0 Å². The number of nitrogens with zero attached hydrogens (tertiary/aromatic N) is 4. The summed E-state index contributed by atoms with van der Waals surface area (Å²) in [5.41, 5.74) is -0.218. The zero-order valence-corrected chi connectivity index (χ0v) is 21.4. The number of benzene rings is 1. The van der Waals surface area contributed by atoms with Crippen molar-refractivity contribution in [1.29, 1.82) is 0 Å². The van der Waals surface area contributed by atoms with E-state index in [1.807, 2.05) is 0 Å². The monoisotopic (exact) mass is 517 g/mol. The number of hydrogen-bond acceptors (Lipinski definition) is 8. The van der Waals surface area contributed by atoms with Crippen LogP contribution in [0.3, 0.4) is 0 Å². The molecule has 1 aromatic heterocycles. The number of methoxy groups -OCH3 is 1. The molecule has 0 radical (unpaired) electrons. The second-order valence-corrected chi connectivity index (χ2v) is 9.76. The van der Waals surface area contributed by atoms with Gasteiger partial charge >= 0.3 is 5.69 Å². The molecule has 0 amide bonds. The number of halogens is 1. The summed E-state index contributed by atoms with van der Waals surface area (Å²) in [4.78, 5) is 28.5. The van der Waals surface area contributed by atoms with Crippen LogP contribution in [0.25, 0.3) is 0 Å². The fraction of sp³-hybridized carbons (Fsp3) is 0.524. The SMILES string of the molecule is COc1cc(NS(C)(=O)=O)ccc1OCCCN1CCN(c2cc(=O)n(C)c(=O)n2C)CC1.Cl. The Bertz CT molecular complexity index is 1210. The molecule has 1 fully saturated rings. The predicted octanol–water partition coefficient (Wildman–Crippen LogP) is 0.477. The molecule has 34 heavy (non-hydrogen) atoms. The van der Waals surface area contributed by atoms with Gasteiger partial charge < -0.3 is 14.4 Å². The van der Waals surface area contributed by atoms with Crippen molar-refractivity contribution in [3.05, 3.63) is 45.1 Å². The lowest BCUT2D eigenvalue weighted by Crippen LogP contribution is -2.49. The van der Waals surface area contributed by atoms with Crippen molar-refractivity contribution >= 4 is 33.9 Å². The second-order valence-electron chi connectivity index (χ2n) is 8.01. The minimum atomic E-state index is -3.37. The van der Waals surface area contributed by atoms with Crippen LogP contribution in [0.1, 0.15) is 6.42 Å². The van der Waals surface area contributed by atoms with Crippen LogP contribution in [0, 0.1) is 0 Å². The van der Waals surface area contributed by atoms with Crippen molar-refractivity contribution in [2.24, 2.45) is 14.1 Å². The molecule has 0 saturated carbocycles. The van der Waals surface area contributed by atoms with Gasteiger partial charge in [0.05, 0.1) is 25.7 Å². The number of aromatic nitrogens is 2. The quantitative estimate of drug-likeness (QED) is 0.477. The van der Waals surface area contributed by atoms with Crippen LogP contribution < -0.4 is 30.3 Å². The van der Waals surface area contributed by atoms with E-state index in [1.54, 1.807) is 25.2 Å². The van der Waals surface area contributed by atoms with Gasteiger partial charge in [0.25, 0.3) is 5.56 Å². The summed E-state index contributed by atoms with van der Waals surface area (Å²) in [5.74, 6) is 1.65. The lowest BCUT2D eigenvalue weighted by atomic mass is 10.2. The Morgan fingerprint density at radius 1 is 1.00 bits per heavy atom. The summed E-state index contributed by atoms with van der Waals surface area (Å²) >= 11 is 0. The highest BCUT2D eigenvalue weighted by atomic mass is 35.5. The summed E-state index contributed by atoms with van der Waals surface area (Å²) in [5, 5.41) is 0. The Hall–Kier alpha value is -2.70. The fourth-order valence-electron chi connectivity index (χ4n) is 3.76. The normalized spacial score (nSPS) is 14.4. The maximum atomic E-state index is 12.2. The summed E-state index contributed by atoms with van der Waals surface area (Å²) < 4.78 is 38.9. The molecular weight excluding hydrogens is 486 g/mol. The molecule has 0 atom stereocenters. The molecule has 1 aliphatic heterocycles. The zero-order chi connectivity index (χ0) is 24.2. The smallest absolute Gasteiger partial charge is 0.332 e. The van der Waals surface area contributed by atoms with Crippen LogP contribution >= 0.6 is 12.4 Å². The van der Waals surface area contributed by atoms with Gasteiger partial charge in [0.1, 0.15) is 5.82 Å². The van der Waals surface area contributed by atoms with Crippen molar-refractivity contribution in [1.82, 2.24) is 14.0 Å². The summed E-state index contributed by atoms with van der Waals surface area (Å²) in [6, 6.07) is 6.40. The predicted molar refractivity (Wildman–Crippen MR) is 134 cm³/mol. The van der Waals surface area contributed by atoms with E-state index in [0.29, 0.717) is 29.6 Å². The number of rotatable bonds is 9. The topological polar surface area (TPSA) is 115 Å². The van der Waals surface area contributed by atoms with Gasteiger partial charge in [0.2, 0.25) is 10.0 Å². The highest BCUT2D eigenvalue weighted by Gasteiger charge is 2.20. The third kappa shape index (κ3) is 6.90. The second kappa shape index (κ2) is 11.6. The molecule has 2 heterocycles. The van der Waals surface area contributed by atoms with Gasteiger partial charge in [-0.2, -0.15) is 0 Å². The zero-order valence-electron chi connectivity index (χ0n) is 19.8. The first-order valence-corrected chi connectivity index (χ1v) is 12.5. The van der Waals surface area contributed by atoms with Crippen molar-refractivity contribution < 1.29 is 17.9 Å². The van der Waals surface area contributed by atoms with Crippen LogP contribution in [-0.2, 0) is 24.1 Å². The number of anilines is 2. The highest BCUT2D eigenvalue weighted by molar-refractivity contribution is 7.92. The molecule has 13 heteroatoms. The van der Waals surface area contributed by atoms with Crippen LogP contribution in [0.2, 0.25) is 0 Å². The van der Waals surface area contributed by atoms with Gasteiger partial charge in [0, 0.05) is 59.0 Å². The van der Waals surface area contributed by atoms with Crippen molar-refractivity contribution in [3.8, 4) is 11.5 Å². The first-order valence-electron chi connectivity index (χ1n) is 10.6. The molecular formula is C21H32ClN5O6S. The summed E-state index contributed by atoms with van der Waals surface area (Å²) in [7, 11) is 1.29. The highest BCUT2D eigenvalue weighted by Crippen LogP contribution is 2.30. The largest absolute Gasteiger partial charge is 0.493 e. The van der Waals surface area contributed by atoms with Crippen LogP contribution in [0.15, 0.2) is 33.9 Å². The van der Waals surface area contributed by atoms with E-state index in [4.69, 9.17) is 9.47 Å². The Morgan fingerprint density at radius 3 is 2.29 bits per heavy atom. The molecule has 1 saturated heterocycles. The molecule has 190 valence electrons. The maximum Gasteiger partial charge on any atom is 0.332 e. The molecule has 3 rings (SSSR count). The molecule has 0 unspecified atom stereocenters. The third-order valence-corrected chi connectivity index (χ3v) is 6.15. The summed E-state index contributed by atoms with van der Waals surface area (Å²) in [6.07, 6.45) is 1.89. The van der Waals surface area contributed by atoms with Crippen LogP contribution in [0.4, 0.5) is 11.5 Å². The molecule has 11 nitrogen and oxygen atoms in total. The molecule has 1 aromatic carbocycles. The van der Waals surface area contributed by atoms with Gasteiger partial charge in [-0.3, -0.25) is 23.6 Å². The molecule has 0 bridgehead atoms. The Kier molecular flexibility index (Phi) is 9.42. The van der Waals surface area contributed by atoms with E-state index in [9.17, 15) is 18.0 Å². The summed E-state index contributed by atoms with van der Waals surface area (Å²) in [6.45, 7) is 4.42. The lowest BCUT2D eigenvalue weighted by Gasteiger charge is -2.36. The number of nitrogens with one attached hydrogen (secondary N) is 1. The molecule has 0 aliphatic carbocycles. The van der Waals surface area contributed by atoms with E-state index in [-0.39, 0.29) is 23.7 Å². The van der Waals surface area contributed by atoms with Crippen LogP contribution in [-0.4, -0.2) is 75.1 Å². The average molecular weight is 518 g/mol. The van der Waals surface area contributed by atoms with Crippen molar-refractivity contribution in [2.45, 2.75) is 6.42 Å². The Morgan fingerprint density at radius 2 is 1.68 bits per heavy atom. The standard InChI is InChI=1S/C21H31N5O6S.ClH/c1-23-19(15-20(27)24(2)21(23)28)26-11-9-25(10-12-26)8-5-13-32-17-7-6-16(14-18(17)31-3)22-33(4,29)30;/h6-7,14-15,22H,5,8-13H2,1-4H3;1H. The number of hydrogen-bond donors (Lipinski definition) is 1. The lowest BCUT2D eigenvalue weighted by molar-refractivity contribution is 0.220. The van der Waals surface area contributed by atoms with Crippen molar-refractivity contribution in [2.75, 3.05) is 62.3 Å². The van der Waals surface area contributed by atoms with Crippen molar-refractivity contribution in [3.63, 3.8) is 0 Å². The van der Waals surface area contributed by atoms with Crippen LogP contribution in [0.5, 0.6) is 11.5 Å². The van der Waals surface area contributed by atoms with Gasteiger partial charge in [0.15, 0.2) is 11.5 Å². The molecule has 1 aliphatic rings.